The van der Waals surface area contributed by atoms with Gasteiger partial charge < -0.3 is 10.1 Å². The van der Waals surface area contributed by atoms with Crippen LogP contribution in [0.25, 0.3) is 10.2 Å². The van der Waals surface area contributed by atoms with Crippen molar-refractivity contribution in [3.63, 3.8) is 0 Å². The lowest BCUT2D eigenvalue weighted by atomic mass is 9.87. The molecule has 0 fully saturated rings. The fourth-order valence-corrected chi connectivity index (χ4v) is 4.24. The number of thiazole rings is 1. The number of aryl methyl sites for hydroxylation is 1. The first-order valence-electron chi connectivity index (χ1n) is 9.32. The lowest BCUT2D eigenvalue weighted by Crippen LogP contribution is -2.13. The van der Waals surface area contributed by atoms with Crippen LogP contribution in [0.4, 0.5) is 5.13 Å². The summed E-state index contributed by atoms with van der Waals surface area (Å²) in [6.07, 6.45) is 1.04. The Hall–Kier alpha value is -1.92. The lowest BCUT2D eigenvalue weighted by molar-refractivity contribution is -0.116. The summed E-state index contributed by atoms with van der Waals surface area (Å²) in [6.45, 7) is 9.08. The molecular formula is C22H25BrN2O2S. The predicted octanol–water partition coefficient (Wildman–Crippen LogP) is 6.46. The molecule has 3 aromatic rings. The van der Waals surface area contributed by atoms with Crippen LogP contribution in [0, 0.1) is 6.92 Å². The second-order valence-electron chi connectivity index (χ2n) is 7.89. The Bertz CT molecular complexity index is 992. The maximum absolute atomic E-state index is 12.2. The topological polar surface area (TPSA) is 51.2 Å². The normalized spacial score (nSPS) is 11.6. The van der Waals surface area contributed by atoms with Crippen molar-refractivity contribution in [1.82, 2.24) is 4.98 Å². The molecule has 3 rings (SSSR count). The van der Waals surface area contributed by atoms with E-state index in [1.165, 1.54) is 22.5 Å². The van der Waals surface area contributed by atoms with E-state index in [9.17, 15) is 4.79 Å². The highest BCUT2D eigenvalue weighted by molar-refractivity contribution is 9.10. The summed E-state index contributed by atoms with van der Waals surface area (Å²) in [5.74, 6) is 0.761. The molecule has 0 atom stereocenters. The highest BCUT2D eigenvalue weighted by Gasteiger charge is 2.15. The van der Waals surface area contributed by atoms with E-state index in [0.29, 0.717) is 24.6 Å². The van der Waals surface area contributed by atoms with E-state index in [0.717, 1.165) is 20.4 Å². The smallest absolute Gasteiger partial charge is 0.226 e. The first-order chi connectivity index (χ1) is 13.2. The second-order valence-corrected chi connectivity index (χ2v) is 9.77. The van der Waals surface area contributed by atoms with Gasteiger partial charge in [-0.1, -0.05) is 44.2 Å². The molecule has 0 bridgehead atoms. The van der Waals surface area contributed by atoms with Crippen LogP contribution < -0.4 is 10.1 Å². The number of amides is 1. The number of halogens is 1. The van der Waals surface area contributed by atoms with Gasteiger partial charge in [-0.2, -0.15) is 0 Å². The monoisotopic (exact) mass is 460 g/mol. The molecule has 0 radical (unpaired) electrons. The number of hydrogen-bond donors (Lipinski definition) is 1. The van der Waals surface area contributed by atoms with E-state index in [-0.39, 0.29) is 11.3 Å². The number of carbonyl (C=O) groups is 1. The van der Waals surface area contributed by atoms with E-state index in [2.05, 4.69) is 65.2 Å². The summed E-state index contributed by atoms with van der Waals surface area (Å²) in [5, 5.41) is 3.53. The third-order valence-corrected chi connectivity index (χ3v) is 5.95. The van der Waals surface area contributed by atoms with Crippen molar-refractivity contribution in [2.75, 3.05) is 11.9 Å². The molecule has 28 heavy (non-hydrogen) atoms. The SMILES string of the molecule is Cc1ccc2nc(NC(=O)CCCOc3ccc(C(C)(C)C)cc3Br)sc2c1. The molecule has 148 valence electrons. The molecule has 1 amide bonds. The van der Waals surface area contributed by atoms with Gasteiger partial charge in [0, 0.05) is 6.42 Å². The molecule has 4 nitrogen and oxygen atoms in total. The van der Waals surface area contributed by atoms with Crippen LogP contribution in [-0.2, 0) is 10.2 Å². The van der Waals surface area contributed by atoms with E-state index in [1.54, 1.807) is 0 Å². The molecule has 2 aromatic carbocycles. The van der Waals surface area contributed by atoms with Crippen LogP contribution in [0.1, 0.15) is 44.7 Å². The summed E-state index contributed by atoms with van der Waals surface area (Å²) in [4.78, 5) is 16.6. The fraction of sp³-hybridized carbons (Fsp3) is 0.364. The third kappa shape index (κ3) is 5.32. The average molecular weight is 461 g/mol. The highest BCUT2D eigenvalue weighted by Crippen LogP contribution is 2.31. The minimum atomic E-state index is -0.0403. The van der Waals surface area contributed by atoms with E-state index in [4.69, 9.17) is 4.74 Å². The van der Waals surface area contributed by atoms with Crippen molar-refractivity contribution in [2.45, 2.75) is 46.0 Å². The molecule has 0 spiro atoms. The van der Waals surface area contributed by atoms with Crippen molar-refractivity contribution in [3.05, 3.63) is 52.0 Å². The first kappa shape index (κ1) is 20.8. The van der Waals surface area contributed by atoms with Gasteiger partial charge in [0.1, 0.15) is 5.75 Å². The van der Waals surface area contributed by atoms with Crippen molar-refractivity contribution < 1.29 is 9.53 Å². The van der Waals surface area contributed by atoms with E-state index in [1.807, 2.05) is 25.1 Å². The number of nitrogens with zero attached hydrogens (tertiary/aromatic N) is 1. The van der Waals surface area contributed by atoms with Gasteiger partial charge >= 0.3 is 0 Å². The maximum Gasteiger partial charge on any atom is 0.226 e. The summed E-state index contributed by atoms with van der Waals surface area (Å²) < 4.78 is 7.85. The lowest BCUT2D eigenvalue weighted by Gasteiger charge is -2.20. The van der Waals surface area contributed by atoms with Crippen LogP contribution in [0.5, 0.6) is 5.75 Å². The maximum atomic E-state index is 12.2. The number of benzene rings is 2. The quantitative estimate of drug-likeness (QED) is 0.429. The Morgan fingerprint density at radius 3 is 2.71 bits per heavy atom. The number of aromatic nitrogens is 1. The van der Waals surface area contributed by atoms with Gasteiger partial charge in [-0.3, -0.25) is 4.79 Å². The molecule has 6 heteroatoms. The molecule has 1 aromatic heterocycles. The van der Waals surface area contributed by atoms with Gasteiger partial charge in [0.25, 0.3) is 0 Å². The Morgan fingerprint density at radius 2 is 2.00 bits per heavy atom. The van der Waals surface area contributed by atoms with Crippen molar-refractivity contribution in [2.24, 2.45) is 0 Å². The molecule has 0 aliphatic rings. The number of nitrogens with one attached hydrogen (secondary N) is 1. The number of carbonyl (C=O) groups excluding carboxylic acids is 1. The van der Waals surface area contributed by atoms with Crippen molar-refractivity contribution >= 4 is 48.5 Å². The van der Waals surface area contributed by atoms with Crippen LogP contribution in [0.15, 0.2) is 40.9 Å². The molecule has 0 aliphatic heterocycles. The Labute approximate surface area is 178 Å². The van der Waals surface area contributed by atoms with E-state index >= 15 is 0 Å². The molecule has 0 saturated heterocycles. The molecule has 0 unspecified atom stereocenters. The average Bonchev–Trinajstić information content (AvgIpc) is 3.00. The van der Waals surface area contributed by atoms with Gasteiger partial charge in [-0.05, 0) is 70.1 Å². The standard InChI is InChI=1S/C22H25BrN2O2S/c1-14-7-9-17-19(12-14)28-21(24-17)25-20(26)6-5-11-27-18-10-8-15(13-16(18)23)22(2,3)4/h7-10,12-13H,5-6,11H2,1-4H3,(H,24,25,26). The van der Waals surface area contributed by atoms with Gasteiger partial charge in [-0.15, -0.1) is 0 Å². The van der Waals surface area contributed by atoms with Crippen LogP contribution in [0.2, 0.25) is 0 Å². The summed E-state index contributed by atoms with van der Waals surface area (Å²) in [7, 11) is 0. The number of ether oxygens (including phenoxy) is 1. The largest absolute Gasteiger partial charge is 0.492 e. The van der Waals surface area contributed by atoms with Gasteiger partial charge in [-0.25, -0.2) is 4.98 Å². The minimum absolute atomic E-state index is 0.0403. The van der Waals surface area contributed by atoms with Crippen LogP contribution >= 0.6 is 27.3 Å². The fourth-order valence-electron chi connectivity index (χ4n) is 2.77. The third-order valence-electron chi connectivity index (χ3n) is 4.39. The number of fused-ring (bicyclic) bond motifs is 1. The van der Waals surface area contributed by atoms with Gasteiger partial charge in [0.15, 0.2) is 5.13 Å². The molecule has 0 aliphatic carbocycles. The summed E-state index contributed by atoms with van der Waals surface area (Å²) >= 11 is 5.08. The van der Waals surface area contributed by atoms with Crippen molar-refractivity contribution in [3.8, 4) is 5.75 Å². The second kappa shape index (κ2) is 8.62. The minimum Gasteiger partial charge on any atom is -0.492 e. The molecule has 1 heterocycles. The molecular weight excluding hydrogens is 436 g/mol. The zero-order chi connectivity index (χ0) is 20.3. The van der Waals surface area contributed by atoms with E-state index < -0.39 is 0 Å². The van der Waals surface area contributed by atoms with Crippen LogP contribution in [0.3, 0.4) is 0 Å². The molecule has 0 saturated carbocycles. The zero-order valence-corrected chi connectivity index (χ0v) is 19.0. The zero-order valence-electron chi connectivity index (χ0n) is 16.6. The van der Waals surface area contributed by atoms with Crippen LogP contribution in [-0.4, -0.2) is 17.5 Å². The van der Waals surface area contributed by atoms with Gasteiger partial charge in [0.05, 0.1) is 21.3 Å². The van der Waals surface area contributed by atoms with Gasteiger partial charge in [0.2, 0.25) is 5.91 Å². The first-order valence-corrected chi connectivity index (χ1v) is 10.9. The Kier molecular flexibility index (Phi) is 6.40. The number of rotatable bonds is 6. The Morgan fingerprint density at radius 1 is 1.21 bits per heavy atom. The number of anilines is 1. The summed E-state index contributed by atoms with van der Waals surface area (Å²) in [5.41, 5.74) is 3.45. The molecule has 1 N–H and O–H groups in total. The summed E-state index contributed by atoms with van der Waals surface area (Å²) in [6, 6.07) is 12.2. The Balaban J connectivity index is 1.47. The highest BCUT2D eigenvalue weighted by atomic mass is 79.9. The predicted molar refractivity (Wildman–Crippen MR) is 121 cm³/mol. The number of hydrogen-bond acceptors (Lipinski definition) is 4. The van der Waals surface area contributed by atoms with Crippen molar-refractivity contribution in [1.29, 1.82) is 0 Å².